The van der Waals surface area contributed by atoms with Crippen molar-refractivity contribution >= 4 is 11.7 Å². The van der Waals surface area contributed by atoms with Gasteiger partial charge in [-0.25, -0.2) is 13.9 Å². The van der Waals surface area contributed by atoms with Gasteiger partial charge in [0.1, 0.15) is 5.82 Å². The number of para-hydroxylation sites is 2. The van der Waals surface area contributed by atoms with Gasteiger partial charge >= 0.3 is 6.03 Å². The second-order valence-electron chi connectivity index (χ2n) is 5.19. The lowest BCUT2D eigenvalue weighted by atomic mass is 10.1. The fourth-order valence-electron chi connectivity index (χ4n) is 2.37. The van der Waals surface area contributed by atoms with Crippen molar-refractivity contribution < 1.29 is 9.18 Å². The van der Waals surface area contributed by atoms with Crippen LogP contribution < -0.4 is 10.6 Å². The molecule has 2 aromatic carbocycles. The number of anilines is 1. The summed E-state index contributed by atoms with van der Waals surface area (Å²) < 4.78 is 15.2. The zero-order valence-corrected chi connectivity index (χ0v) is 12.9. The van der Waals surface area contributed by atoms with Crippen molar-refractivity contribution in [2.24, 2.45) is 0 Å². The standard InChI is InChI=1S/C18H17FN4O/c19-15-7-2-1-6-14(15)10-12-20-18(24)22-16-8-3-4-9-17(16)23-13-5-11-21-23/h1-9,11,13H,10,12H2,(H2,20,22,24). The number of benzene rings is 2. The van der Waals surface area contributed by atoms with Crippen molar-refractivity contribution in [3.8, 4) is 5.69 Å². The lowest BCUT2D eigenvalue weighted by Crippen LogP contribution is -2.31. The third kappa shape index (κ3) is 3.78. The molecule has 0 saturated heterocycles. The lowest BCUT2D eigenvalue weighted by Gasteiger charge is -2.12. The minimum atomic E-state index is -0.342. The normalized spacial score (nSPS) is 10.4. The van der Waals surface area contributed by atoms with Crippen molar-refractivity contribution in [2.45, 2.75) is 6.42 Å². The summed E-state index contributed by atoms with van der Waals surface area (Å²) in [5.41, 5.74) is 1.99. The first-order valence-electron chi connectivity index (χ1n) is 7.61. The maximum atomic E-state index is 13.5. The zero-order chi connectivity index (χ0) is 16.8. The van der Waals surface area contributed by atoms with Crippen LogP contribution in [0.25, 0.3) is 5.69 Å². The van der Waals surface area contributed by atoms with Crippen LogP contribution in [0.1, 0.15) is 5.56 Å². The van der Waals surface area contributed by atoms with Gasteiger partial charge in [-0.1, -0.05) is 30.3 Å². The fourth-order valence-corrected chi connectivity index (χ4v) is 2.37. The van der Waals surface area contributed by atoms with E-state index >= 15 is 0 Å². The SMILES string of the molecule is O=C(NCCc1ccccc1F)Nc1ccccc1-n1cccn1. The highest BCUT2D eigenvalue weighted by Crippen LogP contribution is 2.18. The number of urea groups is 1. The van der Waals surface area contributed by atoms with Crippen LogP contribution in [0.5, 0.6) is 0 Å². The largest absolute Gasteiger partial charge is 0.338 e. The predicted octanol–water partition coefficient (Wildman–Crippen LogP) is 3.38. The third-order valence-corrected chi connectivity index (χ3v) is 3.54. The first-order chi connectivity index (χ1) is 11.7. The van der Waals surface area contributed by atoms with Gasteiger partial charge in [0.05, 0.1) is 11.4 Å². The van der Waals surface area contributed by atoms with Gasteiger partial charge in [-0.2, -0.15) is 5.10 Å². The van der Waals surface area contributed by atoms with Crippen LogP contribution in [0, 0.1) is 5.82 Å². The molecular formula is C18H17FN4O. The molecule has 122 valence electrons. The van der Waals surface area contributed by atoms with Gasteiger partial charge in [0, 0.05) is 18.9 Å². The predicted molar refractivity (Wildman–Crippen MR) is 90.7 cm³/mol. The Bertz CT molecular complexity index is 817. The Morgan fingerprint density at radius 1 is 1.08 bits per heavy atom. The van der Waals surface area contributed by atoms with Gasteiger partial charge < -0.3 is 10.6 Å². The van der Waals surface area contributed by atoms with Crippen LogP contribution in [-0.4, -0.2) is 22.4 Å². The highest BCUT2D eigenvalue weighted by atomic mass is 19.1. The molecule has 0 spiro atoms. The number of nitrogens with one attached hydrogen (secondary N) is 2. The highest BCUT2D eigenvalue weighted by Gasteiger charge is 2.08. The molecule has 0 saturated carbocycles. The van der Waals surface area contributed by atoms with Gasteiger partial charge in [-0.05, 0) is 36.2 Å². The minimum absolute atomic E-state index is 0.260. The van der Waals surface area contributed by atoms with Crippen LogP contribution in [0.4, 0.5) is 14.9 Å². The summed E-state index contributed by atoms with van der Waals surface area (Å²) >= 11 is 0. The second kappa shape index (κ2) is 7.41. The lowest BCUT2D eigenvalue weighted by molar-refractivity contribution is 0.252. The van der Waals surface area contributed by atoms with Crippen LogP contribution in [0.15, 0.2) is 67.0 Å². The number of nitrogens with zero attached hydrogens (tertiary/aromatic N) is 2. The number of aromatic nitrogens is 2. The first kappa shape index (κ1) is 15.7. The second-order valence-corrected chi connectivity index (χ2v) is 5.19. The Balaban J connectivity index is 1.59. The summed E-state index contributed by atoms with van der Waals surface area (Å²) in [4.78, 5) is 12.1. The van der Waals surface area contributed by atoms with Crippen molar-refractivity contribution in [1.29, 1.82) is 0 Å². The summed E-state index contributed by atoms with van der Waals surface area (Å²) in [6, 6.07) is 15.4. The molecule has 0 fully saturated rings. The molecule has 0 unspecified atom stereocenters. The summed E-state index contributed by atoms with van der Waals surface area (Å²) in [7, 11) is 0. The molecule has 3 rings (SSSR count). The summed E-state index contributed by atoms with van der Waals surface area (Å²) in [5.74, 6) is -0.260. The van der Waals surface area contributed by atoms with Crippen LogP contribution in [-0.2, 0) is 6.42 Å². The van der Waals surface area contributed by atoms with Crippen LogP contribution in [0.3, 0.4) is 0 Å². The molecule has 1 heterocycles. The molecule has 1 aromatic heterocycles. The maximum Gasteiger partial charge on any atom is 0.319 e. The monoisotopic (exact) mass is 324 g/mol. The summed E-state index contributed by atoms with van der Waals surface area (Å²) in [6.45, 7) is 0.344. The number of hydrogen-bond acceptors (Lipinski definition) is 2. The summed E-state index contributed by atoms with van der Waals surface area (Å²) in [5, 5.41) is 9.70. The fraction of sp³-hybridized carbons (Fsp3) is 0.111. The van der Waals surface area contributed by atoms with Gasteiger partial charge in [0.15, 0.2) is 0 Å². The van der Waals surface area contributed by atoms with Crippen molar-refractivity contribution in [2.75, 3.05) is 11.9 Å². The van der Waals surface area contributed by atoms with E-state index in [2.05, 4.69) is 15.7 Å². The van der Waals surface area contributed by atoms with E-state index in [-0.39, 0.29) is 11.8 Å². The molecule has 0 aliphatic heterocycles. The summed E-state index contributed by atoms with van der Waals surface area (Å²) in [6.07, 6.45) is 3.91. The van der Waals surface area contributed by atoms with Gasteiger partial charge in [-0.15, -0.1) is 0 Å². The molecule has 2 amide bonds. The Morgan fingerprint density at radius 2 is 1.88 bits per heavy atom. The Morgan fingerprint density at radius 3 is 2.67 bits per heavy atom. The van der Waals surface area contributed by atoms with Gasteiger partial charge in [0.25, 0.3) is 0 Å². The van der Waals surface area contributed by atoms with E-state index in [1.807, 2.05) is 24.3 Å². The van der Waals surface area contributed by atoms with Gasteiger partial charge in [-0.3, -0.25) is 0 Å². The third-order valence-electron chi connectivity index (χ3n) is 3.54. The molecule has 0 radical (unpaired) electrons. The molecule has 2 N–H and O–H groups in total. The maximum absolute atomic E-state index is 13.5. The zero-order valence-electron chi connectivity index (χ0n) is 12.9. The molecule has 0 atom stereocenters. The number of hydrogen-bond donors (Lipinski definition) is 2. The molecule has 24 heavy (non-hydrogen) atoms. The van der Waals surface area contributed by atoms with Gasteiger partial charge in [0.2, 0.25) is 0 Å². The topological polar surface area (TPSA) is 59.0 Å². The van der Waals surface area contributed by atoms with E-state index < -0.39 is 0 Å². The van der Waals surface area contributed by atoms with E-state index in [1.165, 1.54) is 6.07 Å². The first-order valence-corrected chi connectivity index (χ1v) is 7.61. The van der Waals surface area contributed by atoms with E-state index in [4.69, 9.17) is 0 Å². The minimum Gasteiger partial charge on any atom is -0.338 e. The van der Waals surface area contributed by atoms with E-state index in [0.29, 0.717) is 24.2 Å². The number of carbonyl (C=O) groups is 1. The molecular weight excluding hydrogens is 307 g/mol. The number of halogens is 1. The van der Waals surface area contributed by atoms with Crippen molar-refractivity contribution in [3.63, 3.8) is 0 Å². The van der Waals surface area contributed by atoms with E-state index in [1.54, 1.807) is 41.3 Å². The van der Waals surface area contributed by atoms with E-state index in [0.717, 1.165) is 5.69 Å². The number of amides is 2. The molecule has 0 bridgehead atoms. The van der Waals surface area contributed by atoms with Crippen LogP contribution >= 0.6 is 0 Å². The molecule has 0 aliphatic carbocycles. The Kier molecular flexibility index (Phi) is 4.86. The quantitative estimate of drug-likeness (QED) is 0.756. The average molecular weight is 324 g/mol. The molecule has 0 aliphatic rings. The highest BCUT2D eigenvalue weighted by molar-refractivity contribution is 5.91. The van der Waals surface area contributed by atoms with E-state index in [9.17, 15) is 9.18 Å². The number of carbonyl (C=O) groups excluding carboxylic acids is 1. The molecule has 6 heteroatoms. The average Bonchev–Trinajstić information content (AvgIpc) is 3.11. The van der Waals surface area contributed by atoms with Crippen LogP contribution in [0.2, 0.25) is 0 Å². The smallest absolute Gasteiger partial charge is 0.319 e. The number of rotatable bonds is 5. The van der Waals surface area contributed by atoms with Crippen molar-refractivity contribution in [3.05, 3.63) is 78.4 Å². The molecule has 3 aromatic rings. The van der Waals surface area contributed by atoms with Crippen molar-refractivity contribution in [1.82, 2.24) is 15.1 Å². The Labute approximate surface area is 139 Å². The Hall–Kier alpha value is -3.15. The molecule has 5 nitrogen and oxygen atoms in total.